The van der Waals surface area contributed by atoms with Crippen molar-refractivity contribution in [2.45, 2.75) is 0 Å². The van der Waals surface area contributed by atoms with Crippen LogP contribution in [0.1, 0.15) is 0 Å². The summed E-state index contributed by atoms with van der Waals surface area (Å²) in [4.78, 5) is 18.5. The van der Waals surface area contributed by atoms with Gasteiger partial charge in [0.05, 0.1) is 16.4 Å². The van der Waals surface area contributed by atoms with Crippen molar-refractivity contribution in [3.05, 3.63) is 36.8 Å². The third-order valence-electron chi connectivity index (χ3n) is 2.64. The molecule has 0 aromatic carbocycles. The highest BCUT2D eigenvalue weighted by Crippen LogP contribution is 2.30. The molecule has 80 valence electrons. The molecule has 0 atom stereocenters. The predicted octanol–water partition coefficient (Wildman–Crippen LogP) is 2.79. The van der Waals surface area contributed by atoms with E-state index in [0.29, 0.717) is 0 Å². The largest absolute Gasteiger partial charge is 0.262 e. The van der Waals surface area contributed by atoms with E-state index < -0.39 is 0 Å². The summed E-state index contributed by atoms with van der Waals surface area (Å²) in [6, 6.07) is 5.84. The van der Waals surface area contributed by atoms with Crippen molar-refractivity contribution in [2.24, 2.45) is 0 Å². The number of fused-ring (bicyclic) bond motifs is 4. The van der Waals surface area contributed by atoms with E-state index in [2.05, 4.69) is 19.9 Å². The quantitative estimate of drug-likeness (QED) is 0.472. The molecule has 0 amide bonds. The van der Waals surface area contributed by atoms with Gasteiger partial charge in [-0.25, -0.2) is 9.97 Å². The Morgan fingerprint density at radius 2 is 1.94 bits per heavy atom. The van der Waals surface area contributed by atoms with Crippen molar-refractivity contribution in [3.8, 4) is 0 Å². The van der Waals surface area contributed by atoms with Crippen LogP contribution in [0, 0.1) is 0 Å². The minimum absolute atomic E-state index is 0.826. The normalized spacial score (nSPS) is 11.5. The second-order valence-electron chi connectivity index (χ2n) is 3.69. The second-order valence-corrected chi connectivity index (χ2v) is 4.72. The Hall–Kier alpha value is -2.14. The Kier molecular flexibility index (Phi) is 1.67. The monoisotopic (exact) mass is 238 g/mol. The summed E-state index contributed by atoms with van der Waals surface area (Å²) in [7, 11) is 0. The topological polar surface area (TPSA) is 51.6 Å². The fourth-order valence-electron chi connectivity index (χ4n) is 1.87. The van der Waals surface area contributed by atoms with Gasteiger partial charge in [0.2, 0.25) is 0 Å². The Labute approximate surface area is 100.0 Å². The van der Waals surface area contributed by atoms with Crippen LogP contribution in [0.15, 0.2) is 36.8 Å². The van der Waals surface area contributed by atoms with Crippen molar-refractivity contribution in [2.75, 3.05) is 0 Å². The zero-order valence-corrected chi connectivity index (χ0v) is 9.48. The van der Waals surface area contributed by atoms with Gasteiger partial charge in [-0.3, -0.25) is 9.97 Å². The molecule has 4 rings (SSSR count). The third-order valence-corrected chi connectivity index (χ3v) is 3.66. The van der Waals surface area contributed by atoms with Gasteiger partial charge in [0.15, 0.2) is 0 Å². The molecule has 0 radical (unpaired) electrons. The van der Waals surface area contributed by atoms with E-state index in [1.165, 1.54) is 0 Å². The molecule has 4 nitrogen and oxygen atoms in total. The van der Waals surface area contributed by atoms with Crippen LogP contribution >= 0.6 is 11.3 Å². The molecule has 0 N–H and O–H groups in total. The number of hydrogen-bond donors (Lipinski definition) is 0. The van der Waals surface area contributed by atoms with Gasteiger partial charge in [-0.1, -0.05) is 0 Å². The lowest BCUT2D eigenvalue weighted by Crippen LogP contribution is -1.85. The molecule has 0 spiro atoms. The first-order valence-electron chi connectivity index (χ1n) is 5.17. The van der Waals surface area contributed by atoms with Gasteiger partial charge in [-0.15, -0.1) is 11.3 Å². The van der Waals surface area contributed by atoms with Gasteiger partial charge in [-0.05, 0) is 18.2 Å². The van der Waals surface area contributed by atoms with Gasteiger partial charge in [-0.2, -0.15) is 0 Å². The highest BCUT2D eigenvalue weighted by atomic mass is 32.1. The average Bonchev–Trinajstić information content (AvgIpc) is 2.73. The number of pyridine rings is 2. The standard InChI is InChI=1S/C12H6N4S/c1-2-9-10(14-4-1)11-12(17-9)16-8-6-13-5-3-7(8)15-11/h1-6H. The number of nitrogens with zero attached hydrogens (tertiary/aromatic N) is 4. The van der Waals surface area contributed by atoms with Crippen LogP contribution in [0.3, 0.4) is 0 Å². The van der Waals surface area contributed by atoms with Crippen molar-refractivity contribution in [1.29, 1.82) is 0 Å². The molecule has 4 aromatic heterocycles. The fourth-order valence-corrected chi connectivity index (χ4v) is 2.85. The minimum Gasteiger partial charge on any atom is -0.262 e. The SMILES string of the molecule is c1cnc2c(c1)sc1nc3cnccc3nc12. The highest BCUT2D eigenvalue weighted by molar-refractivity contribution is 7.25. The average molecular weight is 238 g/mol. The maximum atomic E-state index is 4.61. The van der Waals surface area contributed by atoms with Crippen LogP contribution in [0.4, 0.5) is 0 Å². The highest BCUT2D eigenvalue weighted by Gasteiger charge is 2.09. The molecule has 17 heavy (non-hydrogen) atoms. The van der Waals surface area contributed by atoms with Crippen LogP contribution in [0.25, 0.3) is 31.6 Å². The lowest BCUT2D eigenvalue weighted by Gasteiger charge is -1.95. The molecule has 0 aliphatic heterocycles. The molecular weight excluding hydrogens is 232 g/mol. The van der Waals surface area contributed by atoms with Crippen molar-refractivity contribution in [1.82, 2.24) is 19.9 Å². The minimum atomic E-state index is 0.826. The van der Waals surface area contributed by atoms with Crippen molar-refractivity contribution >= 4 is 42.9 Å². The van der Waals surface area contributed by atoms with Crippen molar-refractivity contribution in [3.63, 3.8) is 0 Å². The van der Waals surface area contributed by atoms with Crippen LogP contribution < -0.4 is 0 Å². The third kappa shape index (κ3) is 1.23. The molecule has 4 heterocycles. The summed E-state index contributed by atoms with van der Waals surface area (Å²) in [6.45, 7) is 0. The maximum Gasteiger partial charge on any atom is 0.145 e. The molecule has 0 aliphatic rings. The van der Waals surface area contributed by atoms with E-state index in [9.17, 15) is 0 Å². The lowest BCUT2D eigenvalue weighted by molar-refractivity contribution is 1.31. The van der Waals surface area contributed by atoms with E-state index in [0.717, 1.165) is 31.6 Å². The van der Waals surface area contributed by atoms with Gasteiger partial charge in [0, 0.05) is 12.4 Å². The lowest BCUT2D eigenvalue weighted by atomic mass is 10.3. The Bertz CT molecular complexity index is 847. The zero-order valence-electron chi connectivity index (χ0n) is 8.66. The summed E-state index contributed by atoms with van der Waals surface area (Å²) in [5, 5.41) is 0. The van der Waals surface area contributed by atoms with Crippen LogP contribution in [-0.4, -0.2) is 19.9 Å². The summed E-state index contributed by atoms with van der Waals surface area (Å²) in [5.41, 5.74) is 3.49. The molecule has 0 saturated heterocycles. The number of aromatic nitrogens is 4. The summed E-state index contributed by atoms with van der Waals surface area (Å²) < 4.78 is 1.12. The summed E-state index contributed by atoms with van der Waals surface area (Å²) in [6.07, 6.45) is 5.25. The summed E-state index contributed by atoms with van der Waals surface area (Å²) >= 11 is 1.61. The predicted molar refractivity (Wildman–Crippen MR) is 68.0 cm³/mol. The van der Waals surface area contributed by atoms with E-state index >= 15 is 0 Å². The molecule has 0 saturated carbocycles. The van der Waals surface area contributed by atoms with Gasteiger partial charge < -0.3 is 0 Å². The van der Waals surface area contributed by atoms with Gasteiger partial charge >= 0.3 is 0 Å². The first-order chi connectivity index (χ1) is 8.42. The smallest absolute Gasteiger partial charge is 0.145 e. The second kappa shape index (κ2) is 3.18. The van der Waals surface area contributed by atoms with Gasteiger partial charge in [0.25, 0.3) is 0 Å². The molecule has 0 unspecified atom stereocenters. The zero-order chi connectivity index (χ0) is 11.2. The fraction of sp³-hybridized carbons (Fsp3) is 0. The van der Waals surface area contributed by atoms with Crippen molar-refractivity contribution < 1.29 is 0 Å². The van der Waals surface area contributed by atoms with Crippen LogP contribution in [-0.2, 0) is 0 Å². The van der Waals surface area contributed by atoms with E-state index in [1.807, 2.05) is 18.2 Å². The Morgan fingerprint density at radius 1 is 0.941 bits per heavy atom. The molecule has 0 aliphatic carbocycles. The molecule has 0 fully saturated rings. The Morgan fingerprint density at radius 3 is 2.94 bits per heavy atom. The molecule has 5 heteroatoms. The summed E-state index contributed by atoms with van der Waals surface area (Å²) in [5.74, 6) is 0. The van der Waals surface area contributed by atoms with E-state index in [1.54, 1.807) is 29.9 Å². The number of rotatable bonds is 0. The molecule has 0 bridgehead atoms. The first-order valence-corrected chi connectivity index (χ1v) is 5.98. The number of hydrogen-bond acceptors (Lipinski definition) is 5. The van der Waals surface area contributed by atoms with Gasteiger partial charge in [0.1, 0.15) is 21.4 Å². The Balaban J connectivity index is 2.28. The molecular formula is C12H6N4S. The first kappa shape index (κ1) is 8.95. The van der Waals surface area contributed by atoms with E-state index in [4.69, 9.17) is 0 Å². The maximum absolute atomic E-state index is 4.61. The molecule has 4 aromatic rings. The van der Waals surface area contributed by atoms with E-state index in [-0.39, 0.29) is 0 Å². The number of thiophene rings is 1. The van der Waals surface area contributed by atoms with Crippen LogP contribution in [0.5, 0.6) is 0 Å². The van der Waals surface area contributed by atoms with Crippen LogP contribution in [0.2, 0.25) is 0 Å².